The van der Waals surface area contributed by atoms with Gasteiger partial charge in [-0.1, -0.05) is 24.3 Å². The van der Waals surface area contributed by atoms with E-state index in [1.807, 2.05) is 11.0 Å². The van der Waals surface area contributed by atoms with Crippen molar-refractivity contribution in [3.05, 3.63) is 35.4 Å². The van der Waals surface area contributed by atoms with Crippen molar-refractivity contribution in [2.75, 3.05) is 45.1 Å². The van der Waals surface area contributed by atoms with E-state index in [-0.39, 0.29) is 17.8 Å². The van der Waals surface area contributed by atoms with E-state index in [0.717, 1.165) is 38.4 Å². The molecule has 3 rings (SSSR count). The van der Waals surface area contributed by atoms with E-state index in [1.54, 1.807) is 11.8 Å². The van der Waals surface area contributed by atoms with Crippen molar-refractivity contribution in [2.45, 2.75) is 11.7 Å². The normalized spacial score (nSPS) is 22.9. The molecular formula is C16H22N2O2S. The number of amides is 1. The summed E-state index contributed by atoms with van der Waals surface area (Å²) in [6.45, 7) is 4.19. The van der Waals surface area contributed by atoms with E-state index in [2.05, 4.69) is 23.1 Å². The lowest BCUT2D eigenvalue weighted by molar-refractivity contribution is -0.132. The van der Waals surface area contributed by atoms with Gasteiger partial charge in [0.05, 0.1) is 6.61 Å². The number of hydrogen-bond acceptors (Lipinski definition) is 4. The van der Waals surface area contributed by atoms with E-state index >= 15 is 0 Å². The predicted octanol–water partition coefficient (Wildman–Crippen LogP) is 1.15. The molecule has 1 atom stereocenters. The third kappa shape index (κ3) is 3.25. The zero-order valence-corrected chi connectivity index (χ0v) is 13.0. The Morgan fingerprint density at radius 2 is 2.00 bits per heavy atom. The van der Waals surface area contributed by atoms with Gasteiger partial charge in [0.1, 0.15) is 5.25 Å². The first-order valence-corrected chi connectivity index (χ1v) is 8.66. The Hall–Kier alpha value is -1.04. The van der Waals surface area contributed by atoms with Crippen LogP contribution >= 0.6 is 11.8 Å². The zero-order valence-electron chi connectivity index (χ0n) is 12.2. The molecular weight excluding hydrogens is 284 g/mol. The Morgan fingerprint density at radius 1 is 1.24 bits per heavy atom. The summed E-state index contributed by atoms with van der Waals surface area (Å²) in [7, 11) is 0. The Morgan fingerprint density at radius 3 is 2.76 bits per heavy atom. The van der Waals surface area contributed by atoms with Crippen LogP contribution in [0.2, 0.25) is 0 Å². The monoisotopic (exact) mass is 306 g/mol. The van der Waals surface area contributed by atoms with Crippen molar-refractivity contribution in [2.24, 2.45) is 0 Å². The molecule has 1 fully saturated rings. The second kappa shape index (κ2) is 6.81. The molecule has 0 radical (unpaired) electrons. The van der Waals surface area contributed by atoms with Gasteiger partial charge in [0, 0.05) is 32.7 Å². The maximum atomic E-state index is 12.8. The summed E-state index contributed by atoms with van der Waals surface area (Å²) in [5.74, 6) is 1.29. The molecule has 4 nitrogen and oxygen atoms in total. The quantitative estimate of drug-likeness (QED) is 0.910. The zero-order chi connectivity index (χ0) is 14.7. The largest absolute Gasteiger partial charge is 0.395 e. The molecule has 1 aromatic rings. The minimum atomic E-state index is -0.0284. The number of carbonyl (C=O) groups excluding carboxylic acids is 1. The van der Waals surface area contributed by atoms with Crippen molar-refractivity contribution >= 4 is 17.7 Å². The number of fused-ring (bicyclic) bond motifs is 1. The van der Waals surface area contributed by atoms with Crippen LogP contribution in [-0.2, 0) is 11.2 Å². The van der Waals surface area contributed by atoms with Gasteiger partial charge in [0.2, 0.25) is 5.91 Å². The molecule has 1 amide bonds. The van der Waals surface area contributed by atoms with E-state index < -0.39 is 0 Å². The number of aliphatic hydroxyl groups excluding tert-OH is 1. The molecule has 5 heteroatoms. The van der Waals surface area contributed by atoms with E-state index in [1.165, 1.54) is 11.1 Å². The molecule has 0 aliphatic carbocycles. The number of rotatable bonds is 3. The van der Waals surface area contributed by atoms with Gasteiger partial charge in [0.25, 0.3) is 0 Å². The summed E-state index contributed by atoms with van der Waals surface area (Å²) in [5.41, 5.74) is 2.53. The maximum Gasteiger partial charge on any atom is 0.240 e. The fourth-order valence-corrected chi connectivity index (χ4v) is 4.37. The van der Waals surface area contributed by atoms with Gasteiger partial charge in [-0.05, 0) is 23.3 Å². The van der Waals surface area contributed by atoms with Crippen molar-refractivity contribution in [3.8, 4) is 0 Å². The molecule has 0 saturated carbocycles. The summed E-state index contributed by atoms with van der Waals surface area (Å²) in [6.07, 6.45) is 1.06. The van der Waals surface area contributed by atoms with Gasteiger partial charge < -0.3 is 10.0 Å². The molecule has 114 valence electrons. The number of aliphatic hydroxyl groups is 1. The molecule has 1 N–H and O–H groups in total. The predicted molar refractivity (Wildman–Crippen MR) is 85.5 cm³/mol. The first-order valence-electron chi connectivity index (χ1n) is 7.61. The van der Waals surface area contributed by atoms with Crippen LogP contribution in [0.4, 0.5) is 0 Å². The van der Waals surface area contributed by atoms with Crippen LogP contribution in [0.1, 0.15) is 16.4 Å². The standard InChI is InChI=1S/C16H22N2O2S/c19-11-10-17-6-8-18(9-7-17)16(20)15-14-4-2-1-3-13(14)5-12-21-15/h1-4,15,19H,5-12H2/t15-/m1/s1. The Labute approximate surface area is 130 Å². The highest BCUT2D eigenvalue weighted by atomic mass is 32.2. The number of piperazine rings is 1. The maximum absolute atomic E-state index is 12.8. The van der Waals surface area contributed by atoms with Gasteiger partial charge in [0.15, 0.2) is 0 Å². The molecule has 21 heavy (non-hydrogen) atoms. The van der Waals surface area contributed by atoms with Crippen LogP contribution in [-0.4, -0.2) is 65.9 Å². The van der Waals surface area contributed by atoms with E-state index in [4.69, 9.17) is 5.11 Å². The van der Waals surface area contributed by atoms with Crippen LogP contribution in [0.5, 0.6) is 0 Å². The summed E-state index contributed by atoms with van der Waals surface area (Å²) in [6, 6.07) is 8.34. The van der Waals surface area contributed by atoms with Crippen LogP contribution < -0.4 is 0 Å². The Bertz CT molecular complexity index is 501. The Kier molecular flexibility index (Phi) is 4.83. The van der Waals surface area contributed by atoms with Gasteiger partial charge in [-0.15, -0.1) is 11.8 Å². The van der Waals surface area contributed by atoms with Crippen LogP contribution in [0, 0.1) is 0 Å². The first kappa shape index (κ1) is 14.9. The lowest BCUT2D eigenvalue weighted by atomic mass is 10.0. The van der Waals surface area contributed by atoms with Crippen molar-refractivity contribution in [1.29, 1.82) is 0 Å². The second-order valence-electron chi connectivity index (χ2n) is 5.59. The number of benzene rings is 1. The summed E-state index contributed by atoms with van der Waals surface area (Å²) in [5, 5.41) is 8.95. The molecule has 1 aromatic carbocycles. The topological polar surface area (TPSA) is 43.8 Å². The highest BCUT2D eigenvalue weighted by molar-refractivity contribution is 8.00. The molecule has 0 aromatic heterocycles. The average Bonchev–Trinajstić information content (AvgIpc) is 2.55. The molecule has 2 aliphatic heterocycles. The van der Waals surface area contributed by atoms with Crippen LogP contribution in [0.15, 0.2) is 24.3 Å². The lowest BCUT2D eigenvalue weighted by Gasteiger charge is -2.37. The highest BCUT2D eigenvalue weighted by Gasteiger charge is 2.31. The molecule has 0 unspecified atom stereocenters. The number of hydrogen-bond donors (Lipinski definition) is 1. The molecule has 2 aliphatic rings. The fourth-order valence-electron chi connectivity index (χ4n) is 3.10. The average molecular weight is 306 g/mol. The smallest absolute Gasteiger partial charge is 0.240 e. The lowest BCUT2D eigenvalue weighted by Crippen LogP contribution is -2.50. The minimum Gasteiger partial charge on any atom is -0.395 e. The van der Waals surface area contributed by atoms with Crippen LogP contribution in [0.3, 0.4) is 0 Å². The van der Waals surface area contributed by atoms with Gasteiger partial charge in [-0.25, -0.2) is 0 Å². The van der Waals surface area contributed by atoms with Gasteiger partial charge >= 0.3 is 0 Å². The minimum absolute atomic E-state index is 0.0284. The van der Waals surface area contributed by atoms with Crippen LogP contribution in [0.25, 0.3) is 0 Å². The number of carbonyl (C=O) groups is 1. The SMILES string of the molecule is O=C([C@@H]1SCCc2ccccc21)N1CCN(CCO)CC1. The van der Waals surface area contributed by atoms with Crippen molar-refractivity contribution in [1.82, 2.24) is 9.80 Å². The number of β-amino-alcohol motifs (C(OH)–C–C–N with tert-alkyl or cyclic N) is 1. The van der Waals surface area contributed by atoms with Crippen molar-refractivity contribution in [3.63, 3.8) is 0 Å². The molecule has 2 heterocycles. The molecule has 0 spiro atoms. The number of thioether (sulfide) groups is 1. The highest BCUT2D eigenvalue weighted by Crippen LogP contribution is 2.38. The number of nitrogens with zero attached hydrogens (tertiary/aromatic N) is 2. The van der Waals surface area contributed by atoms with Gasteiger partial charge in [-0.2, -0.15) is 0 Å². The number of aryl methyl sites for hydroxylation is 1. The summed E-state index contributed by atoms with van der Waals surface area (Å²) in [4.78, 5) is 17.0. The van der Waals surface area contributed by atoms with E-state index in [9.17, 15) is 4.79 Å². The third-order valence-corrected chi connectivity index (χ3v) is 5.55. The molecule has 0 bridgehead atoms. The van der Waals surface area contributed by atoms with E-state index in [0.29, 0.717) is 6.54 Å². The van der Waals surface area contributed by atoms with Crippen molar-refractivity contribution < 1.29 is 9.90 Å². The Balaban J connectivity index is 1.67. The summed E-state index contributed by atoms with van der Waals surface area (Å²) < 4.78 is 0. The van der Waals surface area contributed by atoms with Gasteiger partial charge in [-0.3, -0.25) is 9.69 Å². The second-order valence-corrected chi connectivity index (χ2v) is 6.80. The first-order chi connectivity index (χ1) is 10.3. The summed E-state index contributed by atoms with van der Waals surface area (Å²) >= 11 is 1.77. The fraction of sp³-hybridized carbons (Fsp3) is 0.562. The third-order valence-electron chi connectivity index (χ3n) is 4.32. The molecule has 1 saturated heterocycles.